The number of hydrogen-bond acceptors (Lipinski definition) is 7. The molecule has 1 N–H and O–H groups in total. The highest BCUT2D eigenvalue weighted by molar-refractivity contribution is 7.03. The lowest BCUT2D eigenvalue weighted by atomic mass is 10.2. The van der Waals surface area contributed by atoms with Crippen molar-refractivity contribution >= 4 is 40.5 Å². The van der Waals surface area contributed by atoms with Gasteiger partial charge in [-0.3, -0.25) is 4.79 Å². The number of carbonyl (C=O) groups excluding carboxylic acids is 1. The first-order chi connectivity index (χ1) is 12.5. The van der Waals surface area contributed by atoms with Crippen molar-refractivity contribution in [3.05, 3.63) is 40.4 Å². The Kier molecular flexibility index (Phi) is 4.08. The van der Waals surface area contributed by atoms with Gasteiger partial charge in [0.05, 0.1) is 11.3 Å². The number of carboxylic acid groups (broad SMARTS) is 1. The highest BCUT2D eigenvalue weighted by Gasteiger charge is 2.26. The Morgan fingerprint density at radius 3 is 2.62 bits per heavy atom. The molecule has 2 aromatic heterocycles. The number of carbonyl (C=O) groups is 2. The van der Waals surface area contributed by atoms with E-state index in [0.717, 1.165) is 5.69 Å². The van der Waals surface area contributed by atoms with E-state index in [1.165, 1.54) is 17.6 Å². The normalized spacial score (nSPS) is 14.8. The first kappa shape index (κ1) is 16.5. The molecule has 1 fully saturated rings. The van der Waals surface area contributed by atoms with Gasteiger partial charge in [-0.15, -0.1) is 0 Å². The van der Waals surface area contributed by atoms with E-state index in [1.807, 2.05) is 11.8 Å². The van der Waals surface area contributed by atoms with Gasteiger partial charge in [0.1, 0.15) is 11.1 Å². The third-order valence-electron chi connectivity index (χ3n) is 4.45. The fourth-order valence-electron chi connectivity index (χ4n) is 3.01. The fraction of sp³-hybridized carbons (Fsp3) is 0.294. The summed E-state index contributed by atoms with van der Waals surface area (Å²) in [7, 11) is 0. The molecule has 1 amide bonds. The van der Waals surface area contributed by atoms with Crippen molar-refractivity contribution in [2.24, 2.45) is 0 Å². The molecule has 8 nitrogen and oxygen atoms in total. The number of aromatic carboxylic acids is 1. The Hall–Kier alpha value is -2.94. The number of fused-ring (bicyclic) bond motifs is 1. The van der Waals surface area contributed by atoms with Crippen molar-refractivity contribution in [1.82, 2.24) is 14.3 Å². The second-order valence-corrected chi connectivity index (χ2v) is 6.68. The molecule has 4 rings (SSSR count). The summed E-state index contributed by atoms with van der Waals surface area (Å²) >= 11 is 1.28. The number of oxazole rings is 1. The van der Waals surface area contributed by atoms with E-state index < -0.39 is 5.97 Å². The molecule has 0 unspecified atom stereocenters. The largest absolute Gasteiger partial charge is 0.478 e. The van der Waals surface area contributed by atoms with Crippen LogP contribution in [0.25, 0.3) is 11.1 Å². The molecule has 3 aromatic rings. The lowest BCUT2D eigenvalue weighted by molar-refractivity contribution is 0.0695. The molecule has 1 saturated heterocycles. The first-order valence-electron chi connectivity index (χ1n) is 8.12. The maximum absolute atomic E-state index is 12.6. The first-order valence-corrected chi connectivity index (χ1v) is 8.96. The van der Waals surface area contributed by atoms with Crippen LogP contribution in [0.5, 0.6) is 0 Å². The van der Waals surface area contributed by atoms with Gasteiger partial charge in [0.2, 0.25) is 0 Å². The molecule has 0 spiro atoms. The zero-order valence-corrected chi connectivity index (χ0v) is 14.8. The van der Waals surface area contributed by atoms with Crippen molar-refractivity contribution in [2.45, 2.75) is 6.92 Å². The quantitative estimate of drug-likeness (QED) is 0.753. The van der Waals surface area contributed by atoms with Crippen LogP contribution in [0.15, 0.2) is 28.0 Å². The number of rotatable bonds is 3. The molecule has 1 aliphatic heterocycles. The average Bonchev–Trinajstić information content (AvgIpc) is 3.26. The molecule has 0 atom stereocenters. The van der Waals surface area contributed by atoms with Crippen LogP contribution in [0.3, 0.4) is 0 Å². The Balaban J connectivity index is 1.51. The van der Waals surface area contributed by atoms with Crippen LogP contribution in [0.2, 0.25) is 0 Å². The van der Waals surface area contributed by atoms with E-state index in [0.29, 0.717) is 43.3 Å². The van der Waals surface area contributed by atoms with Gasteiger partial charge in [-0.05, 0) is 30.6 Å². The predicted octanol–water partition coefficient (Wildman–Crippen LogP) is 2.25. The number of para-hydroxylation sites is 1. The van der Waals surface area contributed by atoms with E-state index in [-0.39, 0.29) is 17.1 Å². The smallest absolute Gasteiger partial charge is 0.339 e. The number of anilines is 1. The molecular weight excluding hydrogens is 356 g/mol. The van der Waals surface area contributed by atoms with Crippen LogP contribution in [0.1, 0.15) is 26.4 Å². The molecule has 1 aromatic carbocycles. The number of amides is 1. The van der Waals surface area contributed by atoms with Crippen LogP contribution in [0.4, 0.5) is 6.01 Å². The lowest BCUT2D eigenvalue weighted by Gasteiger charge is -2.33. The number of piperazine rings is 1. The standard InChI is InChI=1S/C17H16N4O4S/c1-10-12(9-26-19-10)15(22)20-5-7-21(8-6-20)17-18-13-4-2-3-11(16(23)24)14(13)25-17/h2-4,9H,5-8H2,1H3,(H,23,24). The maximum Gasteiger partial charge on any atom is 0.339 e. The van der Waals surface area contributed by atoms with E-state index in [9.17, 15) is 14.7 Å². The van der Waals surface area contributed by atoms with Gasteiger partial charge >= 0.3 is 5.97 Å². The van der Waals surface area contributed by atoms with Gasteiger partial charge in [-0.25, -0.2) is 4.79 Å². The second-order valence-electron chi connectivity index (χ2n) is 6.05. The number of carboxylic acids is 1. The van der Waals surface area contributed by atoms with Gasteiger partial charge in [0, 0.05) is 31.6 Å². The minimum atomic E-state index is -1.05. The van der Waals surface area contributed by atoms with Crippen LogP contribution < -0.4 is 4.90 Å². The SMILES string of the molecule is Cc1nscc1C(=O)N1CCN(c2nc3cccc(C(=O)O)c3o2)CC1. The Bertz CT molecular complexity index is 988. The summed E-state index contributed by atoms with van der Waals surface area (Å²) in [5, 5.41) is 11.0. The topological polar surface area (TPSA) is 99.8 Å². The number of aryl methyl sites for hydroxylation is 1. The molecular formula is C17H16N4O4S. The van der Waals surface area contributed by atoms with Crippen molar-refractivity contribution in [3.8, 4) is 0 Å². The van der Waals surface area contributed by atoms with Gasteiger partial charge in [-0.2, -0.15) is 9.36 Å². The molecule has 0 aliphatic carbocycles. The minimum absolute atomic E-state index is 0.0124. The summed E-state index contributed by atoms with van der Waals surface area (Å²) in [6.07, 6.45) is 0. The zero-order chi connectivity index (χ0) is 18.3. The lowest BCUT2D eigenvalue weighted by Crippen LogP contribution is -2.49. The number of hydrogen-bond donors (Lipinski definition) is 1. The van der Waals surface area contributed by atoms with Crippen LogP contribution >= 0.6 is 11.5 Å². The monoisotopic (exact) mass is 372 g/mol. The number of nitrogens with zero attached hydrogens (tertiary/aromatic N) is 4. The molecule has 0 saturated carbocycles. The fourth-order valence-corrected chi connectivity index (χ4v) is 3.70. The summed E-state index contributed by atoms with van der Waals surface area (Å²) < 4.78 is 9.86. The number of aromatic nitrogens is 2. The number of benzene rings is 1. The second kappa shape index (κ2) is 6.41. The molecule has 26 heavy (non-hydrogen) atoms. The van der Waals surface area contributed by atoms with Crippen molar-refractivity contribution < 1.29 is 19.1 Å². The van der Waals surface area contributed by atoms with E-state index in [1.54, 1.807) is 22.4 Å². The van der Waals surface area contributed by atoms with Crippen molar-refractivity contribution in [3.63, 3.8) is 0 Å². The molecule has 1 aliphatic rings. The summed E-state index contributed by atoms with van der Waals surface area (Å²) in [5.41, 5.74) is 2.28. The van der Waals surface area contributed by atoms with Gasteiger partial charge in [-0.1, -0.05) is 6.07 Å². The van der Waals surface area contributed by atoms with Crippen LogP contribution in [-0.4, -0.2) is 57.4 Å². The molecule has 3 heterocycles. The van der Waals surface area contributed by atoms with E-state index >= 15 is 0 Å². The predicted molar refractivity (Wildman–Crippen MR) is 95.9 cm³/mol. The molecule has 0 radical (unpaired) electrons. The van der Waals surface area contributed by atoms with Crippen molar-refractivity contribution in [1.29, 1.82) is 0 Å². The van der Waals surface area contributed by atoms with Gasteiger partial charge < -0.3 is 19.3 Å². The summed E-state index contributed by atoms with van der Waals surface area (Å²) in [4.78, 5) is 32.0. The molecule has 9 heteroatoms. The van der Waals surface area contributed by atoms with E-state index in [2.05, 4.69) is 9.36 Å². The van der Waals surface area contributed by atoms with Gasteiger partial charge in [0.25, 0.3) is 11.9 Å². The summed E-state index contributed by atoms with van der Waals surface area (Å²) in [6.45, 7) is 4.05. The van der Waals surface area contributed by atoms with Crippen LogP contribution in [0, 0.1) is 6.92 Å². The Morgan fingerprint density at radius 1 is 1.19 bits per heavy atom. The third-order valence-corrected chi connectivity index (χ3v) is 5.17. The van der Waals surface area contributed by atoms with Crippen molar-refractivity contribution in [2.75, 3.05) is 31.1 Å². The summed E-state index contributed by atoms with van der Waals surface area (Å²) in [6, 6.07) is 5.24. The van der Waals surface area contributed by atoms with Gasteiger partial charge in [0.15, 0.2) is 5.58 Å². The third kappa shape index (κ3) is 2.80. The van der Waals surface area contributed by atoms with Crippen LogP contribution in [-0.2, 0) is 0 Å². The molecule has 0 bridgehead atoms. The Labute approximate surface area is 152 Å². The highest BCUT2D eigenvalue weighted by Crippen LogP contribution is 2.26. The highest BCUT2D eigenvalue weighted by atomic mass is 32.1. The zero-order valence-electron chi connectivity index (χ0n) is 14.0. The minimum Gasteiger partial charge on any atom is -0.478 e. The summed E-state index contributed by atoms with van der Waals surface area (Å²) in [5.74, 6) is -1.06. The Morgan fingerprint density at radius 2 is 1.96 bits per heavy atom. The van der Waals surface area contributed by atoms with E-state index in [4.69, 9.17) is 4.42 Å². The molecule has 134 valence electrons. The average molecular weight is 372 g/mol. The maximum atomic E-state index is 12.6.